The van der Waals surface area contributed by atoms with Gasteiger partial charge < -0.3 is 14.8 Å². The van der Waals surface area contributed by atoms with Gasteiger partial charge in [-0.15, -0.1) is 0 Å². The standard InChI is InChI=1S/C17H27NO3/c1-6-20-17(19)15(18-5)9-10-21-16-11-13(4)7-8-14(16)12(2)3/h7-8,11-12,15,18H,6,9-10H2,1-5H3. The van der Waals surface area contributed by atoms with E-state index in [0.717, 1.165) is 5.75 Å². The zero-order chi connectivity index (χ0) is 15.8. The maximum Gasteiger partial charge on any atom is 0.323 e. The van der Waals surface area contributed by atoms with Crippen molar-refractivity contribution in [1.29, 1.82) is 0 Å². The molecule has 1 aromatic carbocycles. The monoisotopic (exact) mass is 293 g/mol. The summed E-state index contributed by atoms with van der Waals surface area (Å²) in [5.74, 6) is 1.09. The fourth-order valence-electron chi connectivity index (χ4n) is 2.15. The van der Waals surface area contributed by atoms with E-state index in [9.17, 15) is 4.79 Å². The van der Waals surface area contributed by atoms with Gasteiger partial charge in [0.1, 0.15) is 11.8 Å². The van der Waals surface area contributed by atoms with E-state index in [0.29, 0.717) is 25.6 Å². The normalized spacial score (nSPS) is 12.3. The second-order valence-electron chi connectivity index (χ2n) is 5.43. The third kappa shape index (κ3) is 5.38. The quantitative estimate of drug-likeness (QED) is 0.748. The Labute approximate surface area is 127 Å². The molecular weight excluding hydrogens is 266 g/mol. The number of ether oxygens (including phenoxy) is 2. The highest BCUT2D eigenvalue weighted by atomic mass is 16.5. The lowest BCUT2D eigenvalue weighted by molar-refractivity contribution is -0.145. The summed E-state index contributed by atoms with van der Waals surface area (Å²) in [6, 6.07) is 5.93. The van der Waals surface area contributed by atoms with Gasteiger partial charge in [0.15, 0.2) is 0 Å². The number of aryl methyl sites for hydroxylation is 1. The first-order chi connectivity index (χ1) is 9.99. The largest absolute Gasteiger partial charge is 0.493 e. The van der Waals surface area contributed by atoms with Gasteiger partial charge in [-0.25, -0.2) is 0 Å². The molecule has 1 atom stereocenters. The number of rotatable bonds is 8. The van der Waals surface area contributed by atoms with Gasteiger partial charge >= 0.3 is 5.97 Å². The van der Waals surface area contributed by atoms with Crippen molar-refractivity contribution in [1.82, 2.24) is 5.32 Å². The molecule has 0 aromatic heterocycles. The second-order valence-corrected chi connectivity index (χ2v) is 5.43. The van der Waals surface area contributed by atoms with Gasteiger partial charge in [-0.05, 0) is 44.0 Å². The molecule has 0 saturated heterocycles. The molecule has 0 fully saturated rings. The summed E-state index contributed by atoms with van der Waals surface area (Å²) in [4.78, 5) is 11.7. The van der Waals surface area contributed by atoms with Crippen molar-refractivity contribution in [3.8, 4) is 5.75 Å². The van der Waals surface area contributed by atoms with Crippen LogP contribution in [0.25, 0.3) is 0 Å². The summed E-state index contributed by atoms with van der Waals surface area (Å²) in [6.45, 7) is 9.02. The summed E-state index contributed by atoms with van der Waals surface area (Å²) in [5, 5.41) is 2.97. The Morgan fingerprint density at radius 3 is 2.62 bits per heavy atom. The summed E-state index contributed by atoms with van der Waals surface area (Å²) < 4.78 is 10.9. The van der Waals surface area contributed by atoms with Crippen molar-refractivity contribution in [3.05, 3.63) is 29.3 Å². The average molecular weight is 293 g/mol. The van der Waals surface area contributed by atoms with Gasteiger partial charge in [-0.3, -0.25) is 4.79 Å². The van der Waals surface area contributed by atoms with Crippen molar-refractivity contribution in [2.24, 2.45) is 0 Å². The van der Waals surface area contributed by atoms with Crippen molar-refractivity contribution >= 4 is 5.97 Å². The average Bonchev–Trinajstić information content (AvgIpc) is 2.43. The molecule has 0 aliphatic rings. The number of hydrogen-bond acceptors (Lipinski definition) is 4. The molecule has 4 nitrogen and oxygen atoms in total. The van der Waals surface area contributed by atoms with Gasteiger partial charge in [0, 0.05) is 6.42 Å². The topological polar surface area (TPSA) is 47.6 Å². The lowest BCUT2D eigenvalue weighted by Gasteiger charge is -2.17. The predicted molar refractivity (Wildman–Crippen MR) is 84.9 cm³/mol. The molecule has 4 heteroatoms. The Morgan fingerprint density at radius 2 is 2.05 bits per heavy atom. The van der Waals surface area contributed by atoms with Crippen LogP contribution < -0.4 is 10.1 Å². The van der Waals surface area contributed by atoms with E-state index in [1.54, 1.807) is 7.05 Å². The van der Waals surface area contributed by atoms with Crippen LogP contribution in [0.5, 0.6) is 5.75 Å². The first-order valence-electron chi connectivity index (χ1n) is 7.56. The fraction of sp³-hybridized carbons (Fsp3) is 0.588. The van der Waals surface area contributed by atoms with E-state index in [4.69, 9.17) is 9.47 Å². The van der Waals surface area contributed by atoms with Crippen LogP contribution in [0.1, 0.15) is 44.2 Å². The molecule has 0 aliphatic carbocycles. The van der Waals surface area contributed by atoms with E-state index in [2.05, 4.69) is 31.3 Å². The minimum atomic E-state index is -0.322. The van der Waals surface area contributed by atoms with Crippen LogP contribution >= 0.6 is 0 Å². The predicted octanol–water partition coefficient (Wildman–Crippen LogP) is 3.04. The van der Waals surface area contributed by atoms with Crippen molar-refractivity contribution in [2.75, 3.05) is 20.3 Å². The SMILES string of the molecule is CCOC(=O)C(CCOc1cc(C)ccc1C(C)C)NC. The lowest BCUT2D eigenvalue weighted by Crippen LogP contribution is -2.36. The van der Waals surface area contributed by atoms with E-state index >= 15 is 0 Å². The maximum atomic E-state index is 11.7. The smallest absolute Gasteiger partial charge is 0.323 e. The maximum absolute atomic E-state index is 11.7. The highest BCUT2D eigenvalue weighted by Crippen LogP contribution is 2.27. The zero-order valence-electron chi connectivity index (χ0n) is 13.7. The number of nitrogens with one attached hydrogen (secondary N) is 1. The molecule has 0 aliphatic heterocycles. The summed E-state index contributed by atoms with van der Waals surface area (Å²) in [7, 11) is 1.76. The number of hydrogen-bond donors (Lipinski definition) is 1. The third-order valence-electron chi connectivity index (χ3n) is 3.37. The van der Waals surface area contributed by atoms with Crippen LogP contribution in [0, 0.1) is 6.92 Å². The van der Waals surface area contributed by atoms with Crippen molar-refractivity contribution in [2.45, 2.75) is 46.1 Å². The Morgan fingerprint density at radius 1 is 1.33 bits per heavy atom. The van der Waals surface area contributed by atoms with Crippen LogP contribution in [0.4, 0.5) is 0 Å². The van der Waals surface area contributed by atoms with Crippen LogP contribution in [0.15, 0.2) is 18.2 Å². The van der Waals surface area contributed by atoms with Crippen molar-refractivity contribution < 1.29 is 14.3 Å². The molecule has 21 heavy (non-hydrogen) atoms. The van der Waals surface area contributed by atoms with Crippen LogP contribution in [0.3, 0.4) is 0 Å². The molecule has 1 aromatic rings. The highest BCUT2D eigenvalue weighted by Gasteiger charge is 2.17. The van der Waals surface area contributed by atoms with E-state index < -0.39 is 0 Å². The van der Waals surface area contributed by atoms with E-state index in [1.807, 2.05) is 19.9 Å². The van der Waals surface area contributed by atoms with Crippen LogP contribution in [-0.4, -0.2) is 32.3 Å². The first kappa shape index (κ1) is 17.5. The second kappa shape index (κ2) is 8.67. The Hall–Kier alpha value is -1.55. The molecule has 0 heterocycles. The number of carbonyl (C=O) groups is 1. The highest BCUT2D eigenvalue weighted by molar-refractivity contribution is 5.75. The van der Waals surface area contributed by atoms with Gasteiger partial charge in [-0.2, -0.15) is 0 Å². The first-order valence-corrected chi connectivity index (χ1v) is 7.56. The molecule has 0 spiro atoms. The Bertz CT molecular complexity index is 457. The minimum absolute atomic E-state index is 0.225. The third-order valence-corrected chi connectivity index (χ3v) is 3.37. The Balaban J connectivity index is 2.62. The number of carbonyl (C=O) groups excluding carboxylic acids is 1. The van der Waals surface area contributed by atoms with Gasteiger partial charge in [0.05, 0.1) is 13.2 Å². The molecule has 118 valence electrons. The fourth-order valence-corrected chi connectivity index (χ4v) is 2.15. The molecule has 0 bridgehead atoms. The molecule has 0 amide bonds. The summed E-state index contributed by atoms with van der Waals surface area (Å²) >= 11 is 0. The lowest BCUT2D eigenvalue weighted by atomic mass is 10.0. The number of esters is 1. The Kier molecular flexibility index (Phi) is 7.23. The van der Waals surface area contributed by atoms with Crippen LogP contribution in [0.2, 0.25) is 0 Å². The van der Waals surface area contributed by atoms with E-state index in [-0.39, 0.29) is 12.0 Å². The van der Waals surface area contributed by atoms with E-state index in [1.165, 1.54) is 11.1 Å². The van der Waals surface area contributed by atoms with Gasteiger partial charge in [-0.1, -0.05) is 26.0 Å². The summed E-state index contributed by atoms with van der Waals surface area (Å²) in [6.07, 6.45) is 0.584. The molecule has 0 saturated carbocycles. The van der Waals surface area contributed by atoms with Crippen molar-refractivity contribution in [3.63, 3.8) is 0 Å². The molecular formula is C17H27NO3. The molecule has 1 rings (SSSR count). The number of benzene rings is 1. The van der Waals surface area contributed by atoms with Gasteiger partial charge in [0.2, 0.25) is 0 Å². The van der Waals surface area contributed by atoms with Crippen LogP contribution in [-0.2, 0) is 9.53 Å². The van der Waals surface area contributed by atoms with Gasteiger partial charge in [0.25, 0.3) is 0 Å². The minimum Gasteiger partial charge on any atom is -0.493 e. The molecule has 1 unspecified atom stereocenters. The zero-order valence-corrected chi connectivity index (χ0v) is 13.7. The number of likely N-dealkylation sites (N-methyl/N-ethyl adjacent to an activating group) is 1. The summed E-state index contributed by atoms with van der Waals surface area (Å²) in [5.41, 5.74) is 2.36. The molecule has 0 radical (unpaired) electrons. The molecule has 1 N–H and O–H groups in total.